The van der Waals surface area contributed by atoms with E-state index in [9.17, 15) is 9.59 Å². The van der Waals surface area contributed by atoms with Crippen LogP contribution in [0.4, 0.5) is 0 Å². The Bertz CT molecular complexity index is 1070. The molecule has 31 heavy (non-hydrogen) atoms. The molecule has 0 saturated heterocycles. The van der Waals surface area contributed by atoms with Crippen LogP contribution in [0.25, 0.3) is 5.69 Å². The number of hydrogen-bond acceptors (Lipinski definition) is 6. The van der Waals surface area contributed by atoms with Crippen molar-refractivity contribution in [3.8, 4) is 11.4 Å². The molecule has 1 aromatic heterocycles. The standard InChI is InChI=1S/C21H23ClN6O3/c1-4-13(2)25-20(29)15-7-5-6-14(8-15)11-23-21(30)16-9-17(22)18(10-19(16)31-3)28-12-24-26-27-28/h5-10,12-13H,4,11H2,1-3H3,(H,23,30)(H,25,29). The van der Waals surface area contributed by atoms with E-state index in [1.165, 1.54) is 24.2 Å². The summed E-state index contributed by atoms with van der Waals surface area (Å²) < 4.78 is 6.73. The number of carbonyl (C=O) groups is 2. The van der Waals surface area contributed by atoms with E-state index in [0.29, 0.717) is 22.0 Å². The Hall–Kier alpha value is -3.46. The molecule has 3 rings (SSSR count). The number of nitrogens with zero attached hydrogens (tertiary/aromatic N) is 4. The number of tetrazole rings is 1. The maximum absolute atomic E-state index is 12.8. The van der Waals surface area contributed by atoms with Crippen LogP contribution in [0.2, 0.25) is 5.02 Å². The van der Waals surface area contributed by atoms with E-state index in [1.807, 2.05) is 19.9 Å². The molecule has 1 heterocycles. The summed E-state index contributed by atoms with van der Waals surface area (Å²) >= 11 is 6.32. The first-order chi connectivity index (χ1) is 14.9. The molecule has 0 bridgehead atoms. The van der Waals surface area contributed by atoms with E-state index in [2.05, 4.69) is 26.2 Å². The Morgan fingerprint density at radius 2 is 2.03 bits per heavy atom. The highest BCUT2D eigenvalue weighted by molar-refractivity contribution is 6.33. The third kappa shape index (κ3) is 5.37. The first-order valence-corrected chi connectivity index (χ1v) is 10.1. The topological polar surface area (TPSA) is 111 Å². The average molecular weight is 443 g/mol. The Balaban J connectivity index is 1.73. The normalized spacial score (nSPS) is 11.6. The molecule has 10 heteroatoms. The van der Waals surface area contributed by atoms with Crippen LogP contribution in [0.5, 0.6) is 5.75 Å². The minimum absolute atomic E-state index is 0.0874. The zero-order valence-electron chi connectivity index (χ0n) is 17.4. The number of hydrogen-bond donors (Lipinski definition) is 2. The lowest BCUT2D eigenvalue weighted by Crippen LogP contribution is -2.32. The maximum Gasteiger partial charge on any atom is 0.255 e. The van der Waals surface area contributed by atoms with Gasteiger partial charge in [0.15, 0.2) is 0 Å². The molecule has 0 saturated carbocycles. The van der Waals surface area contributed by atoms with Gasteiger partial charge in [0, 0.05) is 24.2 Å². The van der Waals surface area contributed by atoms with Crippen molar-refractivity contribution in [2.75, 3.05) is 7.11 Å². The monoisotopic (exact) mass is 442 g/mol. The molecule has 1 unspecified atom stereocenters. The van der Waals surface area contributed by atoms with Crippen LogP contribution in [0, 0.1) is 0 Å². The summed E-state index contributed by atoms with van der Waals surface area (Å²) in [5.74, 6) is -0.181. The number of ether oxygens (including phenoxy) is 1. The summed E-state index contributed by atoms with van der Waals surface area (Å²) in [7, 11) is 1.46. The SMILES string of the molecule is CCC(C)NC(=O)c1cccc(CNC(=O)c2cc(Cl)c(-n3cnnn3)cc2OC)c1. The lowest BCUT2D eigenvalue weighted by atomic mass is 10.1. The first kappa shape index (κ1) is 22.2. The third-order valence-electron chi connectivity index (χ3n) is 4.74. The predicted octanol–water partition coefficient (Wildman–Crippen LogP) is 2.78. The molecule has 0 aliphatic heterocycles. The number of nitrogens with one attached hydrogen (secondary N) is 2. The van der Waals surface area contributed by atoms with Crippen LogP contribution in [-0.4, -0.2) is 45.2 Å². The molecule has 0 aliphatic carbocycles. The van der Waals surface area contributed by atoms with Gasteiger partial charge in [-0.25, -0.2) is 0 Å². The van der Waals surface area contributed by atoms with Crippen molar-refractivity contribution in [2.24, 2.45) is 0 Å². The number of benzene rings is 2. The molecule has 1 atom stereocenters. The van der Waals surface area contributed by atoms with Crippen LogP contribution in [-0.2, 0) is 6.54 Å². The van der Waals surface area contributed by atoms with Gasteiger partial charge in [0.05, 0.1) is 23.4 Å². The Morgan fingerprint density at radius 1 is 1.23 bits per heavy atom. The van der Waals surface area contributed by atoms with E-state index in [0.717, 1.165) is 12.0 Å². The highest BCUT2D eigenvalue weighted by atomic mass is 35.5. The van der Waals surface area contributed by atoms with Gasteiger partial charge < -0.3 is 15.4 Å². The largest absolute Gasteiger partial charge is 0.496 e. The summed E-state index contributed by atoms with van der Waals surface area (Å²) in [6.45, 7) is 4.19. The first-order valence-electron chi connectivity index (χ1n) is 9.71. The van der Waals surface area contributed by atoms with Crippen molar-refractivity contribution in [2.45, 2.75) is 32.9 Å². The molecular formula is C21H23ClN6O3. The Morgan fingerprint density at radius 3 is 2.71 bits per heavy atom. The average Bonchev–Trinajstić information content (AvgIpc) is 3.32. The lowest BCUT2D eigenvalue weighted by Gasteiger charge is -2.13. The van der Waals surface area contributed by atoms with Gasteiger partial charge in [-0.2, -0.15) is 4.68 Å². The summed E-state index contributed by atoms with van der Waals surface area (Å²) in [5, 5.41) is 17.0. The van der Waals surface area contributed by atoms with E-state index >= 15 is 0 Å². The van der Waals surface area contributed by atoms with Gasteiger partial charge in [0.1, 0.15) is 12.1 Å². The van der Waals surface area contributed by atoms with E-state index in [1.54, 1.807) is 24.3 Å². The molecule has 0 radical (unpaired) electrons. The van der Waals surface area contributed by atoms with Crippen molar-refractivity contribution in [3.63, 3.8) is 0 Å². The summed E-state index contributed by atoms with van der Waals surface area (Å²) in [6.07, 6.45) is 2.24. The minimum Gasteiger partial charge on any atom is -0.496 e. The van der Waals surface area contributed by atoms with Gasteiger partial charge in [-0.1, -0.05) is 30.7 Å². The molecular weight excluding hydrogens is 420 g/mol. The molecule has 162 valence electrons. The molecule has 0 aliphatic rings. The highest BCUT2D eigenvalue weighted by Gasteiger charge is 2.17. The van der Waals surface area contributed by atoms with Crippen molar-refractivity contribution in [1.29, 1.82) is 0 Å². The smallest absolute Gasteiger partial charge is 0.255 e. The van der Waals surface area contributed by atoms with Gasteiger partial charge in [-0.3, -0.25) is 9.59 Å². The van der Waals surface area contributed by atoms with Gasteiger partial charge >= 0.3 is 0 Å². The molecule has 2 N–H and O–H groups in total. The number of rotatable bonds is 8. The molecule has 9 nitrogen and oxygen atoms in total. The van der Waals surface area contributed by atoms with Crippen LogP contribution in [0.15, 0.2) is 42.7 Å². The molecule has 0 fully saturated rings. The Labute approximate surface area is 184 Å². The molecule has 2 amide bonds. The molecule has 3 aromatic rings. The van der Waals surface area contributed by atoms with Gasteiger partial charge in [-0.05, 0) is 47.5 Å². The second-order valence-electron chi connectivity index (χ2n) is 6.92. The minimum atomic E-state index is -0.364. The second kappa shape index (κ2) is 10.0. The van der Waals surface area contributed by atoms with Crippen molar-refractivity contribution >= 4 is 23.4 Å². The number of methoxy groups -OCH3 is 1. The number of halogens is 1. The van der Waals surface area contributed by atoms with E-state index < -0.39 is 0 Å². The van der Waals surface area contributed by atoms with Gasteiger partial charge in [-0.15, -0.1) is 5.10 Å². The summed E-state index contributed by atoms with van der Waals surface area (Å²) in [6, 6.07) is 10.3. The summed E-state index contributed by atoms with van der Waals surface area (Å²) in [4.78, 5) is 25.1. The zero-order chi connectivity index (χ0) is 22.4. The van der Waals surface area contributed by atoms with Crippen LogP contribution >= 0.6 is 11.6 Å². The fourth-order valence-electron chi connectivity index (χ4n) is 2.85. The molecule has 2 aromatic carbocycles. The quantitative estimate of drug-likeness (QED) is 0.555. The zero-order valence-corrected chi connectivity index (χ0v) is 18.2. The number of aromatic nitrogens is 4. The van der Waals surface area contributed by atoms with Crippen molar-refractivity contribution in [3.05, 3.63) is 64.4 Å². The van der Waals surface area contributed by atoms with E-state index in [-0.39, 0.29) is 30.0 Å². The van der Waals surface area contributed by atoms with Crippen molar-refractivity contribution in [1.82, 2.24) is 30.8 Å². The lowest BCUT2D eigenvalue weighted by molar-refractivity contribution is 0.0936. The number of carbonyl (C=O) groups excluding carboxylic acids is 2. The van der Waals surface area contributed by atoms with Gasteiger partial charge in [0.25, 0.3) is 11.8 Å². The fourth-order valence-corrected chi connectivity index (χ4v) is 3.10. The fraction of sp³-hybridized carbons (Fsp3) is 0.286. The molecule has 0 spiro atoms. The highest BCUT2D eigenvalue weighted by Crippen LogP contribution is 2.29. The van der Waals surface area contributed by atoms with E-state index in [4.69, 9.17) is 16.3 Å². The van der Waals surface area contributed by atoms with Crippen LogP contribution in [0.1, 0.15) is 46.5 Å². The maximum atomic E-state index is 12.8. The van der Waals surface area contributed by atoms with Crippen molar-refractivity contribution < 1.29 is 14.3 Å². The van der Waals surface area contributed by atoms with Gasteiger partial charge in [0.2, 0.25) is 0 Å². The second-order valence-corrected chi connectivity index (χ2v) is 7.33. The number of amides is 2. The Kier molecular flexibility index (Phi) is 7.19. The summed E-state index contributed by atoms with van der Waals surface area (Å²) in [5.41, 5.74) is 2.09. The third-order valence-corrected chi connectivity index (χ3v) is 5.04. The van der Waals surface area contributed by atoms with Crippen LogP contribution in [0.3, 0.4) is 0 Å². The predicted molar refractivity (Wildman–Crippen MR) is 116 cm³/mol. The van der Waals surface area contributed by atoms with Crippen LogP contribution < -0.4 is 15.4 Å².